The Morgan fingerprint density at radius 2 is 2.06 bits per heavy atom. The van der Waals surface area contributed by atoms with Crippen molar-refractivity contribution in [2.45, 2.75) is 20.8 Å². The summed E-state index contributed by atoms with van der Waals surface area (Å²) < 4.78 is 0. The minimum Gasteiger partial charge on any atom is -0.305 e. The standard InChI is InChI=1S/C13H14ClN3O/c1-7-6-10(4-5-11(7)14)13(18)15-12-8(2)9(3)16-17-12/h4-6H,1-3H3,(H2,15,16,17,18). The maximum absolute atomic E-state index is 12.0. The highest BCUT2D eigenvalue weighted by molar-refractivity contribution is 6.31. The molecule has 2 rings (SSSR count). The smallest absolute Gasteiger partial charge is 0.256 e. The monoisotopic (exact) mass is 263 g/mol. The normalized spacial score (nSPS) is 10.4. The first-order valence-corrected chi connectivity index (χ1v) is 5.96. The largest absolute Gasteiger partial charge is 0.305 e. The lowest BCUT2D eigenvalue weighted by molar-refractivity contribution is 0.102. The Labute approximate surface area is 110 Å². The molecule has 0 radical (unpaired) electrons. The second kappa shape index (κ2) is 4.82. The Hall–Kier alpha value is -1.81. The van der Waals surface area contributed by atoms with Crippen molar-refractivity contribution in [3.63, 3.8) is 0 Å². The van der Waals surface area contributed by atoms with Gasteiger partial charge in [-0.2, -0.15) is 5.10 Å². The van der Waals surface area contributed by atoms with E-state index in [-0.39, 0.29) is 5.91 Å². The van der Waals surface area contributed by atoms with Crippen LogP contribution in [0.5, 0.6) is 0 Å². The number of benzene rings is 1. The molecular formula is C13H14ClN3O. The number of aromatic amines is 1. The summed E-state index contributed by atoms with van der Waals surface area (Å²) in [5.74, 6) is 0.370. The zero-order valence-electron chi connectivity index (χ0n) is 10.5. The van der Waals surface area contributed by atoms with Crippen LogP contribution in [-0.4, -0.2) is 16.1 Å². The molecule has 0 fully saturated rings. The molecule has 0 spiro atoms. The predicted molar refractivity (Wildman–Crippen MR) is 72.2 cm³/mol. The zero-order valence-corrected chi connectivity index (χ0v) is 11.2. The lowest BCUT2D eigenvalue weighted by Gasteiger charge is -2.05. The molecule has 4 nitrogen and oxygen atoms in total. The van der Waals surface area contributed by atoms with Crippen molar-refractivity contribution >= 4 is 23.3 Å². The van der Waals surface area contributed by atoms with Gasteiger partial charge in [0.25, 0.3) is 5.91 Å². The fourth-order valence-corrected chi connectivity index (χ4v) is 1.69. The van der Waals surface area contributed by atoms with Crippen LogP contribution >= 0.6 is 11.6 Å². The van der Waals surface area contributed by atoms with Gasteiger partial charge >= 0.3 is 0 Å². The van der Waals surface area contributed by atoms with Crippen LogP contribution < -0.4 is 5.32 Å². The maximum atomic E-state index is 12.0. The quantitative estimate of drug-likeness (QED) is 0.874. The number of nitrogens with zero attached hydrogens (tertiary/aromatic N) is 1. The van der Waals surface area contributed by atoms with Gasteiger partial charge in [-0.05, 0) is 44.5 Å². The van der Waals surface area contributed by atoms with Crippen molar-refractivity contribution in [3.8, 4) is 0 Å². The Kier molecular flexibility index (Phi) is 3.39. The number of hydrogen-bond acceptors (Lipinski definition) is 2. The molecule has 0 aliphatic heterocycles. The van der Waals surface area contributed by atoms with Crippen molar-refractivity contribution < 1.29 is 4.79 Å². The van der Waals surface area contributed by atoms with E-state index in [4.69, 9.17) is 11.6 Å². The van der Waals surface area contributed by atoms with Crippen molar-refractivity contribution in [1.29, 1.82) is 0 Å². The van der Waals surface area contributed by atoms with E-state index in [0.29, 0.717) is 16.4 Å². The van der Waals surface area contributed by atoms with Crippen LogP contribution in [0.3, 0.4) is 0 Å². The third-order valence-corrected chi connectivity index (χ3v) is 3.33. The van der Waals surface area contributed by atoms with E-state index in [2.05, 4.69) is 15.5 Å². The molecule has 2 N–H and O–H groups in total. The van der Waals surface area contributed by atoms with Gasteiger partial charge in [0, 0.05) is 21.8 Å². The summed E-state index contributed by atoms with van der Waals surface area (Å²) in [4.78, 5) is 12.0. The number of rotatable bonds is 2. The Bertz CT molecular complexity index is 604. The van der Waals surface area contributed by atoms with E-state index in [1.165, 1.54) is 0 Å². The SMILES string of the molecule is Cc1cc(C(=O)Nc2n[nH]c(C)c2C)ccc1Cl. The third-order valence-electron chi connectivity index (χ3n) is 2.91. The minimum absolute atomic E-state index is 0.190. The molecule has 94 valence electrons. The average molecular weight is 264 g/mol. The third kappa shape index (κ3) is 2.38. The molecule has 2 aromatic rings. The van der Waals surface area contributed by atoms with E-state index < -0.39 is 0 Å². The van der Waals surface area contributed by atoms with E-state index in [1.54, 1.807) is 18.2 Å². The predicted octanol–water partition coefficient (Wildman–Crippen LogP) is 3.24. The molecule has 1 heterocycles. The molecule has 0 bridgehead atoms. The highest BCUT2D eigenvalue weighted by atomic mass is 35.5. The van der Waals surface area contributed by atoms with Gasteiger partial charge in [0.15, 0.2) is 5.82 Å². The number of aryl methyl sites for hydroxylation is 2. The molecule has 1 aromatic heterocycles. The van der Waals surface area contributed by atoms with Gasteiger partial charge in [0.05, 0.1) is 0 Å². The van der Waals surface area contributed by atoms with Crippen LogP contribution in [-0.2, 0) is 0 Å². The van der Waals surface area contributed by atoms with Gasteiger partial charge in [-0.15, -0.1) is 0 Å². The Morgan fingerprint density at radius 1 is 1.33 bits per heavy atom. The highest BCUT2D eigenvalue weighted by Gasteiger charge is 2.11. The van der Waals surface area contributed by atoms with Gasteiger partial charge in [0.2, 0.25) is 0 Å². The zero-order chi connectivity index (χ0) is 13.3. The van der Waals surface area contributed by atoms with Crippen molar-refractivity contribution in [2.75, 3.05) is 5.32 Å². The lowest BCUT2D eigenvalue weighted by Crippen LogP contribution is -2.13. The van der Waals surface area contributed by atoms with E-state index in [0.717, 1.165) is 16.8 Å². The number of H-pyrrole nitrogens is 1. The van der Waals surface area contributed by atoms with E-state index >= 15 is 0 Å². The summed E-state index contributed by atoms with van der Waals surface area (Å²) in [5.41, 5.74) is 3.32. The van der Waals surface area contributed by atoms with Gasteiger partial charge in [-0.3, -0.25) is 9.89 Å². The van der Waals surface area contributed by atoms with Crippen LogP contribution in [0.1, 0.15) is 27.2 Å². The molecule has 0 unspecified atom stereocenters. The van der Waals surface area contributed by atoms with Gasteiger partial charge in [-0.25, -0.2) is 0 Å². The van der Waals surface area contributed by atoms with E-state index in [9.17, 15) is 4.79 Å². The number of carbonyl (C=O) groups is 1. The van der Waals surface area contributed by atoms with Crippen LogP contribution in [0.2, 0.25) is 5.02 Å². The van der Waals surface area contributed by atoms with Gasteiger partial charge < -0.3 is 5.32 Å². The van der Waals surface area contributed by atoms with Crippen LogP contribution in [0, 0.1) is 20.8 Å². The highest BCUT2D eigenvalue weighted by Crippen LogP contribution is 2.18. The number of amides is 1. The molecule has 0 aliphatic carbocycles. The topological polar surface area (TPSA) is 57.8 Å². The number of hydrogen-bond donors (Lipinski definition) is 2. The number of aromatic nitrogens is 2. The second-order valence-electron chi connectivity index (χ2n) is 4.24. The second-order valence-corrected chi connectivity index (χ2v) is 4.65. The molecule has 1 aromatic carbocycles. The van der Waals surface area contributed by atoms with Crippen LogP contribution in [0.15, 0.2) is 18.2 Å². The summed E-state index contributed by atoms with van der Waals surface area (Å²) in [6.07, 6.45) is 0. The Balaban J connectivity index is 2.22. The fraction of sp³-hybridized carbons (Fsp3) is 0.231. The first kappa shape index (κ1) is 12.6. The molecule has 0 saturated carbocycles. The Morgan fingerprint density at radius 3 is 2.61 bits per heavy atom. The van der Waals surface area contributed by atoms with Crippen molar-refractivity contribution in [1.82, 2.24) is 10.2 Å². The number of nitrogens with one attached hydrogen (secondary N) is 2. The maximum Gasteiger partial charge on any atom is 0.256 e. The molecule has 0 saturated heterocycles. The molecule has 0 atom stereocenters. The molecular weight excluding hydrogens is 250 g/mol. The van der Waals surface area contributed by atoms with Crippen molar-refractivity contribution in [3.05, 3.63) is 45.6 Å². The number of halogens is 1. The average Bonchev–Trinajstić information content (AvgIpc) is 2.64. The van der Waals surface area contributed by atoms with Gasteiger partial charge in [-0.1, -0.05) is 11.6 Å². The van der Waals surface area contributed by atoms with Crippen molar-refractivity contribution in [2.24, 2.45) is 0 Å². The lowest BCUT2D eigenvalue weighted by atomic mass is 10.1. The summed E-state index contributed by atoms with van der Waals surface area (Å²) in [6.45, 7) is 5.68. The molecule has 1 amide bonds. The van der Waals surface area contributed by atoms with Gasteiger partial charge in [0.1, 0.15) is 0 Å². The number of carbonyl (C=O) groups excluding carboxylic acids is 1. The number of anilines is 1. The summed E-state index contributed by atoms with van der Waals surface area (Å²) >= 11 is 5.93. The fourth-order valence-electron chi connectivity index (χ4n) is 1.57. The first-order valence-electron chi connectivity index (χ1n) is 5.58. The summed E-state index contributed by atoms with van der Waals surface area (Å²) in [6, 6.07) is 5.17. The summed E-state index contributed by atoms with van der Waals surface area (Å²) in [5, 5.41) is 10.3. The van der Waals surface area contributed by atoms with Crippen LogP contribution in [0.4, 0.5) is 5.82 Å². The molecule has 18 heavy (non-hydrogen) atoms. The first-order chi connectivity index (χ1) is 8.49. The summed E-state index contributed by atoms with van der Waals surface area (Å²) in [7, 11) is 0. The molecule has 5 heteroatoms. The van der Waals surface area contributed by atoms with E-state index in [1.807, 2.05) is 20.8 Å². The molecule has 0 aliphatic rings. The van der Waals surface area contributed by atoms with Crippen LogP contribution in [0.25, 0.3) is 0 Å². The minimum atomic E-state index is -0.190.